The van der Waals surface area contributed by atoms with Crippen molar-refractivity contribution in [1.29, 1.82) is 0 Å². The summed E-state index contributed by atoms with van der Waals surface area (Å²) >= 11 is 0. The minimum atomic E-state index is -0.0867. The van der Waals surface area contributed by atoms with Gasteiger partial charge in [0.2, 0.25) is 5.91 Å². The number of hydrogen-bond donors (Lipinski definition) is 0. The zero-order valence-electron chi connectivity index (χ0n) is 14.0. The van der Waals surface area contributed by atoms with Crippen molar-refractivity contribution in [2.24, 2.45) is 0 Å². The van der Waals surface area contributed by atoms with E-state index in [9.17, 15) is 9.59 Å². The van der Waals surface area contributed by atoms with Crippen molar-refractivity contribution in [3.63, 3.8) is 0 Å². The second-order valence-corrected chi connectivity index (χ2v) is 6.95. The van der Waals surface area contributed by atoms with E-state index in [1.54, 1.807) is 15.3 Å². The highest BCUT2D eigenvalue weighted by molar-refractivity contribution is 5.76. The lowest BCUT2D eigenvalue weighted by atomic mass is 9.97. The van der Waals surface area contributed by atoms with Crippen molar-refractivity contribution in [2.45, 2.75) is 57.9 Å². The van der Waals surface area contributed by atoms with Crippen LogP contribution < -0.4 is 5.56 Å². The zero-order chi connectivity index (χ0) is 16.5. The molecule has 128 valence electrons. The number of carbonyl (C=O) groups is 1. The Morgan fingerprint density at radius 1 is 1.00 bits per heavy atom. The van der Waals surface area contributed by atoms with Crippen LogP contribution in [-0.2, 0) is 24.2 Å². The van der Waals surface area contributed by atoms with Crippen LogP contribution in [0.2, 0.25) is 0 Å². The molecule has 3 heterocycles. The summed E-state index contributed by atoms with van der Waals surface area (Å²) in [4.78, 5) is 27.4. The van der Waals surface area contributed by atoms with Crippen molar-refractivity contribution in [3.8, 4) is 0 Å². The lowest BCUT2D eigenvalue weighted by Gasteiger charge is -2.20. The van der Waals surface area contributed by atoms with E-state index in [4.69, 9.17) is 0 Å². The molecule has 0 saturated carbocycles. The van der Waals surface area contributed by atoms with Gasteiger partial charge in [0.25, 0.3) is 5.56 Å². The number of fused-ring (bicyclic) bond motifs is 3. The fourth-order valence-corrected chi connectivity index (χ4v) is 3.95. The molecule has 0 radical (unpaired) electrons. The molecule has 1 aliphatic carbocycles. The highest BCUT2D eigenvalue weighted by Crippen LogP contribution is 2.22. The Labute approximate surface area is 141 Å². The maximum Gasteiger partial charge on any atom is 0.277 e. The summed E-state index contributed by atoms with van der Waals surface area (Å²) in [5.41, 5.74) is 2.71. The van der Waals surface area contributed by atoms with Crippen LogP contribution in [0, 0.1) is 0 Å². The Hall–Kier alpha value is -2.11. The largest absolute Gasteiger partial charge is 0.341 e. The molecule has 0 unspecified atom stereocenters. The van der Waals surface area contributed by atoms with E-state index in [0.717, 1.165) is 62.9 Å². The van der Waals surface area contributed by atoms with Gasteiger partial charge in [-0.1, -0.05) is 12.8 Å². The summed E-state index contributed by atoms with van der Waals surface area (Å²) in [7, 11) is 0. The summed E-state index contributed by atoms with van der Waals surface area (Å²) < 4.78 is 3.25. The first kappa shape index (κ1) is 15.4. The number of rotatable bonds is 2. The van der Waals surface area contributed by atoms with Gasteiger partial charge in [-0.2, -0.15) is 5.10 Å². The topological polar surface area (TPSA) is 59.6 Å². The van der Waals surface area contributed by atoms with Crippen molar-refractivity contribution in [1.82, 2.24) is 19.1 Å². The molecule has 1 amide bonds. The molecule has 0 atom stereocenters. The molecular formula is C18H24N4O2. The zero-order valence-corrected chi connectivity index (χ0v) is 14.0. The number of likely N-dealkylation sites (tertiary alicyclic amines) is 1. The van der Waals surface area contributed by atoms with Gasteiger partial charge in [-0.15, -0.1) is 0 Å². The fourth-order valence-electron chi connectivity index (χ4n) is 3.95. The third-order valence-corrected chi connectivity index (χ3v) is 5.30. The molecule has 6 heteroatoms. The van der Waals surface area contributed by atoms with E-state index in [0.29, 0.717) is 5.52 Å². The van der Waals surface area contributed by atoms with Gasteiger partial charge < -0.3 is 9.47 Å². The number of carbonyl (C=O) groups excluding carboxylic acids is 1. The second-order valence-electron chi connectivity index (χ2n) is 6.95. The SMILES string of the molecule is O=C(Cn1ccn2nc3c(c2c1=O)CCCC3)N1CCCCCC1. The second kappa shape index (κ2) is 6.42. The van der Waals surface area contributed by atoms with Gasteiger partial charge in [0.15, 0.2) is 0 Å². The normalized spacial score (nSPS) is 18.4. The van der Waals surface area contributed by atoms with Crippen molar-refractivity contribution >= 4 is 11.4 Å². The van der Waals surface area contributed by atoms with E-state index in [2.05, 4.69) is 5.10 Å². The monoisotopic (exact) mass is 328 g/mol. The fraction of sp³-hybridized carbons (Fsp3) is 0.611. The average Bonchev–Trinajstić information content (AvgIpc) is 2.77. The van der Waals surface area contributed by atoms with E-state index < -0.39 is 0 Å². The van der Waals surface area contributed by atoms with Gasteiger partial charge in [-0.05, 0) is 38.5 Å². The molecule has 0 spiro atoms. The predicted octanol–water partition coefficient (Wildman–Crippen LogP) is 1.78. The Morgan fingerprint density at radius 3 is 2.54 bits per heavy atom. The van der Waals surface area contributed by atoms with E-state index in [1.807, 2.05) is 11.1 Å². The van der Waals surface area contributed by atoms with E-state index >= 15 is 0 Å². The number of aromatic nitrogens is 3. The van der Waals surface area contributed by atoms with Crippen LogP contribution in [0.5, 0.6) is 0 Å². The van der Waals surface area contributed by atoms with Crippen LogP contribution in [-0.4, -0.2) is 38.1 Å². The quantitative estimate of drug-likeness (QED) is 0.844. The summed E-state index contributed by atoms with van der Waals surface area (Å²) in [5, 5.41) is 4.54. The summed E-state index contributed by atoms with van der Waals surface area (Å²) in [5.74, 6) is 0.0525. The van der Waals surface area contributed by atoms with E-state index in [1.165, 1.54) is 12.8 Å². The molecule has 1 aliphatic heterocycles. The molecule has 0 N–H and O–H groups in total. The number of hydrogen-bond acceptors (Lipinski definition) is 3. The molecule has 4 rings (SSSR count). The lowest BCUT2D eigenvalue weighted by molar-refractivity contribution is -0.131. The molecule has 1 fully saturated rings. The standard InChI is InChI=1S/C18H24N4O2/c23-16(20-9-5-1-2-6-10-20)13-21-11-12-22-17(18(21)24)14-7-3-4-8-15(14)19-22/h11-12H,1-10,13H2. The number of aryl methyl sites for hydroxylation is 2. The van der Waals surface area contributed by atoms with E-state index in [-0.39, 0.29) is 18.0 Å². The Morgan fingerprint density at radius 2 is 1.75 bits per heavy atom. The molecule has 2 aromatic heterocycles. The third kappa shape index (κ3) is 2.74. The van der Waals surface area contributed by atoms with Gasteiger partial charge in [-0.25, -0.2) is 4.52 Å². The molecule has 2 aliphatic rings. The van der Waals surface area contributed by atoms with Crippen molar-refractivity contribution < 1.29 is 4.79 Å². The molecule has 1 saturated heterocycles. The molecule has 2 aromatic rings. The van der Waals surface area contributed by atoms with Crippen molar-refractivity contribution in [2.75, 3.05) is 13.1 Å². The molecular weight excluding hydrogens is 304 g/mol. The van der Waals surface area contributed by atoms with Gasteiger partial charge in [0, 0.05) is 31.0 Å². The van der Waals surface area contributed by atoms with Crippen LogP contribution in [0.1, 0.15) is 49.8 Å². The minimum Gasteiger partial charge on any atom is -0.341 e. The highest BCUT2D eigenvalue weighted by Gasteiger charge is 2.21. The first-order valence-electron chi connectivity index (χ1n) is 9.11. The van der Waals surface area contributed by atoms with Crippen LogP contribution in [0.3, 0.4) is 0 Å². The van der Waals surface area contributed by atoms with Crippen LogP contribution in [0.25, 0.3) is 5.52 Å². The third-order valence-electron chi connectivity index (χ3n) is 5.30. The first-order chi connectivity index (χ1) is 11.7. The summed E-state index contributed by atoms with van der Waals surface area (Å²) in [6.07, 6.45) is 12.1. The highest BCUT2D eigenvalue weighted by atomic mass is 16.2. The Bertz CT molecular complexity index is 812. The van der Waals surface area contributed by atoms with Gasteiger partial charge in [0.05, 0.1) is 5.69 Å². The predicted molar refractivity (Wildman–Crippen MR) is 91.1 cm³/mol. The molecule has 0 bridgehead atoms. The first-order valence-corrected chi connectivity index (χ1v) is 9.11. The van der Waals surface area contributed by atoms with Crippen LogP contribution in [0.15, 0.2) is 17.2 Å². The average molecular weight is 328 g/mol. The van der Waals surface area contributed by atoms with Crippen LogP contribution in [0.4, 0.5) is 0 Å². The Kier molecular flexibility index (Phi) is 4.12. The van der Waals surface area contributed by atoms with Gasteiger partial charge in [-0.3, -0.25) is 9.59 Å². The number of nitrogens with zero attached hydrogens (tertiary/aromatic N) is 4. The van der Waals surface area contributed by atoms with Crippen LogP contribution >= 0.6 is 0 Å². The smallest absolute Gasteiger partial charge is 0.277 e. The molecule has 24 heavy (non-hydrogen) atoms. The van der Waals surface area contributed by atoms with Gasteiger partial charge >= 0.3 is 0 Å². The minimum absolute atomic E-state index is 0.0525. The maximum absolute atomic E-state index is 12.9. The summed E-state index contributed by atoms with van der Waals surface area (Å²) in [6, 6.07) is 0. The van der Waals surface area contributed by atoms with Crippen molar-refractivity contribution in [3.05, 3.63) is 34.0 Å². The lowest BCUT2D eigenvalue weighted by Crippen LogP contribution is -2.37. The van der Waals surface area contributed by atoms with Gasteiger partial charge in [0.1, 0.15) is 12.1 Å². The molecule has 0 aromatic carbocycles. The maximum atomic E-state index is 12.9. The number of amides is 1. The molecule has 6 nitrogen and oxygen atoms in total. The summed E-state index contributed by atoms with van der Waals surface area (Å²) in [6.45, 7) is 1.77. The Balaban J connectivity index is 1.63.